The maximum absolute atomic E-state index is 12.5. The van der Waals surface area contributed by atoms with Crippen molar-refractivity contribution in [3.63, 3.8) is 0 Å². The summed E-state index contributed by atoms with van der Waals surface area (Å²) in [6.45, 7) is 12.6. The van der Waals surface area contributed by atoms with Crippen molar-refractivity contribution in [2.75, 3.05) is 13.1 Å². The van der Waals surface area contributed by atoms with Crippen LogP contribution < -0.4 is 5.73 Å². The number of nitrogens with zero attached hydrogens (tertiary/aromatic N) is 1. The summed E-state index contributed by atoms with van der Waals surface area (Å²) >= 11 is 0. The Balaban J connectivity index is 4.42. The molecule has 2 unspecified atom stereocenters. The molecule has 3 nitrogen and oxygen atoms in total. The summed E-state index contributed by atoms with van der Waals surface area (Å²) in [6.07, 6.45) is 5.97. The fourth-order valence-corrected chi connectivity index (χ4v) is 2.62. The minimum absolute atomic E-state index is 0.329. The lowest BCUT2D eigenvalue weighted by atomic mass is 9.88. The number of amides is 1. The Morgan fingerprint density at radius 3 is 2.25 bits per heavy atom. The second kappa shape index (κ2) is 11.1. The van der Waals surface area contributed by atoms with Crippen LogP contribution in [0.2, 0.25) is 0 Å². The topological polar surface area (TPSA) is 46.3 Å². The van der Waals surface area contributed by atoms with E-state index in [1.165, 1.54) is 0 Å². The SMILES string of the molecule is CCCCN(C(=O)CCC(CCN)C(C)C)C(C)CC. The number of rotatable bonds is 11. The Morgan fingerprint density at radius 2 is 1.80 bits per heavy atom. The molecule has 0 aromatic carbocycles. The fourth-order valence-electron chi connectivity index (χ4n) is 2.62. The van der Waals surface area contributed by atoms with E-state index >= 15 is 0 Å². The molecule has 0 rings (SSSR count). The molecule has 3 heteroatoms. The molecular formula is C17H36N2O. The number of nitrogens with two attached hydrogens (primary N) is 1. The highest BCUT2D eigenvalue weighted by atomic mass is 16.2. The van der Waals surface area contributed by atoms with Crippen LogP contribution in [-0.2, 0) is 4.79 Å². The molecular weight excluding hydrogens is 248 g/mol. The highest BCUT2D eigenvalue weighted by molar-refractivity contribution is 5.76. The minimum Gasteiger partial charge on any atom is -0.340 e. The van der Waals surface area contributed by atoms with Crippen molar-refractivity contribution in [2.45, 2.75) is 79.2 Å². The van der Waals surface area contributed by atoms with Gasteiger partial charge in [-0.05, 0) is 51.0 Å². The van der Waals surface area contributed by atoms with E-state index < -0.39 is 0 Å². The first-order chi connectivity index (χ1) is 9.47. The van der Waals surface area contributed by atoms with E-state index in [1.54, 1.807) is 0 Å². The highest BCUT2D eigenvalue weighted by Crippen LogP contribution is 2.21. The molecule has 0 spiro atoms. The minimum atomic E-state index is 0.329. The predicted molar refractivity (Wildman–Crippen MR) is 87.6 cm³/mol. The van der Waals surface area contributed by atoms with E-state index in [0.717, 1.165) is 45.2 Å². The van der Waals surface area contributed by atoms with Gasteiger partial charge in [0.1, 0.15) is 0 Å². The zero-order chi connectivity index (χ0) is 15.5. The smallest absolute Gasteiger partial charge is 0.222 e. The van der Waals surface area contributed by atoms with Gasteiger partial charge in [0, 0.05) is 19.0 Å². The van der Waals surface area contributed by atoms with E-state index in [4.69, 9.17) is 5.73 Å². The highest BCUT2D eigenvalue weighted by Gasteiger charge is 2.20. The number of hydrogen-bond donors (Lipinski definition) is 1. The second-order valence-electron chi connectivity index (χ2n) is 6.32. The van der Waals surface area contributed by atoms with Gasteiger partial charge < -0.3 is 10.6 Å². The van der Waals surface area contributed by atoms with Gasteiger partial charge in [-0.1, -0.05) is 34.1 Å². The molecule has 120 valence electrons. The van der Waals surface area contributed by atoms with Crippen LogP contribution in [0.1, 0.15) is 73.1 Å². The van der Waals surface area contributed by atoms with Gasteiger partial charge in [0.2, 0.25) is 5.91 Å². The summed E-state index contributed by atoms with van der Waals surface area (Å²) in [5, 5.41) is 0. The molecule has 0 aromatic heterocycles. The normalized spacial score (nSPS) is 14.3. The van der Waals surface area contributed by atoms with Crippen molar-refractivity contribution in [1.29, 1.82) is 0 Å². The van der Waals surface area contributed by atoms with Crippen LogP contribution in [0, 0.1) is 11.8 Å². The molecule has 2 atom stereocenters. The Hall–Kier alpha value is -0.570. The van der Waals surface area contributed by atoms with Crippen LogP contribution >= 0.6 is 0 Å². The quantitative estimate of drug-likeness (QED) is 0.627. The van der Waals surface area contributed by atoms with Crippen LogP contribution in [0.4, 0.5) is 0 Å². The molecule has 0 aliphatic carbocycles. The molecule has 0 radical (unpaired) electrons. The fraction of sp³-hybridized carbons (Fsp3) is 0.941. The van der Waals surface area contributed by atoms with Crippen LogP contribution in [0.25, 0.3) is 0 Å². The predicted octanol–water partition coefficient (Wildman–Crippen LogP) is 3.81. The Labute approximate surface area is 126 Å². The Morgan fingerprint density at radius 1 is 1.15 bits per heavy atom. The molecule has 1 amide bonds. The third-order valence-electron chi connectivity index (χ3n) is 4.41. The van der Waals surface area contributed by atoms with Gasteiger partial charge in [-0.2, -0.15) is 0 Å². The molecule has 0 aliphatic rings. The first-order valence-electron chi connectivity index (χ1n) is 8.47. The molecule has 20 heavy (non-hydrogen) atoms. The van der Waals surface area contributed by atoms with Crippen LogP contribution in [-0.4, -0.2) is 29.9 Å². The molecule has 0 fully saturated rings. The van der Waals surface area contributed by atoms with E-state index in [0.29, 0.717) is 30.2 Å². The zero-order valence-electron chi connectivity index (χ0n) is 14.3. The first-order valence-corrected chi connectivity index (χ1v) is 8.47. The van der Waals surface area contributed by atoms with Gasteiger partial charge in [-0.3, -0.25) is 4.79 Å². The monoisotopic (exact) mass is 284 g/mol. The van der Waals surface area contributed by atoms with Crippen LogP contribution in [0.3, 0.4) is 0 Å². The molecule has 0 aliphatic heterocycles. The number of carbonyl (C=O) groups excluding carboxylic acids is 1. The standard InChI is InChI=1S/C17H36N2O/c1-6-8-13-19(15(5)7-2)17(20)10-9-16(11-12-18)14(3)4/h14-16H,6-13,18H2,1-5H3. The van der Waals surface area contributed by atoms with Gasteiger partial charge in [-0.15, -0.1) is 0 Å². The van der Waals surface area contributed by atoms with Crippen LogP contribution in [0.15, 0.2) is 0 Å². The van der Waals surface area contributed by atoms with Crippen molar-refractivity contribution in [3.05, 3.63) is 0 Å². The van der Waals surface area contributed by atoms with Crippen molar-refractivity contribution in [1.82, 2.24) is 4.90 Å². The van der Waals surface area contributed by atoms with Gasteiger partial charge in [0.05, 0.1) is 0 Å². The van der Waals surface area contributed by atoms with E-state index in [1.807, 2.05) is 0 Å². The summed E-state index contributed by atoms with van der Waals surface area (Å²) in [4.78, 5) is 14.6. The number of hydrogen-bond acceptors (Lipinski definition) is 2. The summed E-state index contributed by atoms with van der Waals surface area (Å²) in [6, 6.07) is 0.362. The van der Waals surface area contributed by atoms with E-state index in [2.05, 4.69) is 39.5 Å². The van der Waals surface area contributed by atoms with Gasteiger partial charge in [0.15, 0.2) is 0 Å². The van der Waals surface area contributed by atoms with Gasteiger partial charge in [0.25, 0.3) is 0 Å². The average molecular weight is 284 g/mol. The van der Waals surface area contributed by atoms with E-state index in [-0.39, 0.29) is 0 Å². The lowest BCUT2D eigenvalue weighted by Gasteiger charge is -2.30. The Bertz CT molecular complexity index is 253. The largest absolute Gasteiger partial charge is 0.340 e. The van der Waals surface area contributed by atoms with Crippen molar-refractivity contribution >= 4 is 5.91 Å². The second-order valence-corrected chi connectivity index (χ2v) is 6.32. The first kappa shape index (κ1) is 19.4. The lowest BCUT2D eigenvalue weighted by molar-refractivity contribution is -0.133. The molecule has 0 heterocycles. The Kier molecular flexibility index (Phi) is 10.8. The average Bonchev–Trinajstić information content (AvgIpc) is 2.42. The summed E-state index contributed by atoms with van der Waals surface area (Å²) < 4.78 is 0. The summed E-state index contributed by atoms with van der Waals surface area (Å²) in [5.41, 5.74) is 5.67. The van der Waals surface area contributed by atoms with Crippen molar-refractivity contribution in [2.24, 2.45) is 17.6 Å². The maximum Gasteiger partial charge on any atom is 0.222 e. The summed E-state index contributed by atoms with van der Waals surface area (Å²) in [7, 11) is 0. The lowest BCUT2D eigenvalue weighted by Crippen LogP contribution is -2.39. The van der Waals surface area contributed by atoms with E-state index in [9.17, 15) is 4.79 Å². The maximum atomic E-state index is 12.5. The van der Waals surface area contributed by atoms with Crippen LogP contribution in [0.5, 0.6) is 0 Å². The molecule has 0 saturated heterocycles. The summed E-state index contributed by atoms with van der Waals surface area (Å²) in [5.74, 6) is 1.52. The zero-order valence-corrected chi connectivity index (χ0v) is 14.3. The number of carbonyl (C=O) groups is 1. The molecule has 0 bridgehead atoms. The molecule has 0 aromatic rings. The van der Waals surface area contributed by atoms with Crippen molar-refractivity contribution < 1.29 is 4.79 Å². The van der Waals surface area contributed by atoms with Gasteiger partial charge >= 0.3 is 0 Å². The molecule has 2 N–H and O–H groups in total. The third kappa shape index (κ3) is 7.28. The van der Waals surface area contributed by atoms with Crippen molar-refractivity contribution in [3.8, 4) is 0 Å². The third-order valence-corrected chi connectivity index (χ3v) is 4.41. The number of unbranched alkanes of at least 4 members (excludes halogenated alkanes) is 1. The molecule has 0 saturated carbocycles. The van der Waals surface area contributed by atoms with Gasteiger partial charge in [-0.25, -0.2) is 0 Å².